The fourth-order valence-electron chi connectivity index (χ4n) is 3.29. The van der Waals surface area contributed by atoms with Crippen LogP contribution in [0.5, 0.6) is 0 Å². The molecule has 2 rings (SSSR count). The van der Waals surface area contributed by atoms with Gasteiger partial charge in [-0.25, -0.2) is 0 Å². The summed E-state index contributed by atoms with van der Waals surface area (Å²) in [7, 11) is 0. The van der Waals surface area contributed by atoms with E-state index in [4.69, 9.17) is 0 Å². The Balaban J connectivity index is 2.11. The van der Waals surface area contributed by atoms with Crippen molar-refractivity contribution < 1.29 is 15.3 Å². The minimum absolute atomic E-state index is 0.0619. The Labute approximate surface area is 90.5 Å². The summed E-state index contributed by atoms with van der Waals surface area (Å²) in [5, 5.41) is 29.0. The monoisotopic (exact) mass is 215 g/mol. The van der Waals surface area contributed by atoms with Crippen LogP contribution in [-0.4, -0.2) is 57.7 Å². The largest absolute Gasteiger partial charge is 0.395 e. The maximum absolute atomic E-state index is 9.96. The van der Waals surface area contributed by atoms with Crippen LogP contribution in [0, 0.1) is 5.92 Å². The number of nitrogens with zero attached hydrogens (tertiary/aromatic N) is 1. The lowest BCUT2D eigenvalue weighted by molar-refractivity contribution is 0.0106. The van der Waals surface area contributed by atoms with E-state index in [2.05, 4.69) is 11.8 Å². The highest BCUT2D eigenvalue weighted by Crippen LogP contribution is 2.38. The smallest absolute Gasteiger partial charge is 0.0991 e. The van der Waals surface area contributed by atoms with Crippen LogP contribution in [0.1, 0.15) is 26.2 Å². The first-order chi connectivity index (χ1) is 7.20. The molecule has 0 aromatic rings. The Hall–Kier alpha value is -0.160. The first-order valence-corrected chi connectivity index (χ1v) is 5.93. The second-order valence-electron chi connectivity index (χ2n) is 4.80. The van der Waals surface area contributed by atoms with Gasteiger partial charge in [-0.3, -0.25) is 4.90 Å². The Kier molecular flexibility index (Phi) is 3.30. The van der Waals surface area contributed by atoms with Crippen molar-refractivity contribution in [1.29, 1.82) is 0 Å². The number of aliphatic hydroxyl groups is 3. The Morgan fingerprint density at radius 1 is 1.27 bits per heavy atom. The molecule has 0 unspecified atom stereocenters. The zero-order valence-corrected chi connectivity index (χ0v) is 9.21. The molecule has 2 aliphatic rings. The van der Waals surface area contributed by atoms with Crippen LogP contribution in [0.2, 0.25) is 0 Å². The third-order valence-corrected chi connectivity index (χ3v) is 3.99. The van der Waals surface area contributed by atoms with Gasteiger partial charge in [0.15, 0.2) is 0 Å². The zero-order valence-electron chi connectivity index (χ0n) is 9.21. The maximum atomic E-state index is 9.96. The molecule has 4 heteroatoms. The summed E-state index contributed by atoms with van der Waals surface area (Å²) in [6.45, 7) is 2.98. The van der Waals surface area contributed by atoms with Crippen LogP contribution in [0.25, 0.3) is 0 Å². The van der Waals surface area contributed by atoms with Gasteiger partial charge in [0.1, 0.15) is 0 Å². The molecule has 5 atom stereocenters. The third-order valence-electron chi connectivity index (χ3n) is 3.99. The van der Waals surface area contributed by atoms with E-state index >= 15 is 0 Å². The van der Waals surface area contributed by atoms with Crippen LogP contribution < -0.4 is 0 Å². The van der Waals surface area contributed by atoms with E-state index < -0.39 is 12.2 Å². The van der Waals surface area contributed by atoms with Crippen molar-refractivity contribution in [3.63, 3.8) is 0 Å². The topological polar surface area (TPSA) is 63.9 Å². The fourth-order valence-corrected chi connectivity index (χ4v) is 3.29. The molecule has 88 valence electrons. The second-order valence-corrected chi connectivity index (χ2v) is 4.80. The first kappa shape index (κ1) is 11.3. The van der Waals surface area contributed by atoms with Crippen molar-refractivity contribution >= 4 is 0 Å². The second kappa shape index (κ2) is 4.37. The first-order valence-electron chi connectivity index (χ1n) is 5.93. The molecule has 0 aliphatic carbocycles. The normalized spacial score (nSPS) is 46.0. The average Bonchev–Trinajstić information content (AvgIpc) is 2.71. The predicted octanol–water partition coefficient (Wildman–Crippen LogP) is -0.427. The molecular weight excluding hydrogens is 194 g/mol. The lowest BCUT2D eigenvalue weighted by Crippen LogP contribution is -2.39. The molecule has 0 bridgehead atoms. The molecule has 2 saturated heterocycles. The lowest BCUT2D eigenvalue weighted by atomic mass is 9.91. The van der Waals surface area contributed by atoms with Gasteiger partial charge in [0.2, 0.25) is 0 Å². The zero-order chi connectivity index (χ0) is 11.0. The number of fused-ring (bicyclic) bond motifs is 1. The molecule has 15 heavy (non-hydrogen) atoms. The van der Waals surface area contributed by atoms with Gasteiger partial charge in [-0.2, -0.15) is 0 Å². The van der Waals surface area contributed by atoms with Crippen molar-refractivity contribution in [2.45, 2.75) is 50.5 Å². The third kappa shape index (κ3) is 1.69. The number of hydrogen-bond donors (Lipinski definition) is 3. The van der Waals surface area contributed by atoms with Crippen LogP contribution >= 0.6 is 0 Å². The van der Waals surface area contributed by atoms with Gasteiger partial charge < -0.3 is 15.3 Å². The maximum Gasteiger partial charge on any atom is 0.0991 e. The van der Waals surface area contributed by atoms with Crippen LogP contribution in [0.3, 0.4) is 0 Å². The van der Waals surface area contributed by atoms with Crippen molar-refractivity contribution in [2.24, 2.45) is 5.92 Å². The van der Waals surface area contributed by atoms with Gasteiger partial charge in [0.05, 0.1) is 24.9 Å². The van der Waals surface area contributed by atoms with Crippen molar-refractivity contribution in [1.82, 2.24) is 4.90 Å². The van der Waals surface area contributed by atoms with E-state index in [0.717, 1.165) is 25.8 Å². The summed E-state index contributed by atoms with van der Waals surface area (Å²) < 4.78 is 0. The van der Waals surface area contributed by atoms with Crippen molar-refractivity contribution in [2.75, 3.05) is 13.2 Å². The lowest BCUT2D eigenvalue weighted by Gasteiger charge is -2.24. The summed E-state index contributed by atoms with van der Waals surface area (Å²) >= 11 is 0. The van der Waals surface area contributed by atoms with E-state index in [9.17, 15) is 15.3 Å². The van der Waals surface area contributed by atoms with Crippen molar-refractivity contribution in [3.05, 3.63) is 0 Å². The number of hydrogen-bond acceptors (Lipinski definition) is 4. The molecule has 0 radical (unpaired) electrons. The van der Waals surface area contributed by atoms with Crippen LogP contribution in [0.15, 0.2) is 0 Å². The van der Waals surface area contributed by atoms with E-state index in [1.807, 2.05) is 0 Å². The number of aliphatic hydroxyl groups excluding tert-OH is 3. The molecule has 0 spiro atoms. The predicted molar refractivity (Wildman–Crippen MR) is 56.4 cm³/mol. The van der Waals surface area contributed by atoms with E-state index in [1.54, 1.807) is 0 Å². The van der Waals surface area contributed by atoms with Gasteiger partial charge in [-0.05, 0) is 25.3 Å². The standard InChI is InChI=1S/C11H21NO3/c1-2-3-7-4-5-12-8(6-13)10(14)11(15)9(7)12/h7-11,13-15H,2-6H2,1H3/t7-,8-,9-,10-,11-/m0/s1. The Morgan fingerprint density at radius 2 is 2.00 bits per heavy atom. The minimum atomic E-state index is -0.778. The van der Waals surface area contributed by atoms with E-state index in [0.29, 0.717) is 5.92 Å². The Morgan fingerprint density at radius 3 is 2.60 bits per heavy atom. The van der Waals surface area contributed by atoms with Gasteiger partial charge >= 0.3 is 0 Å². The van der Waals surface area contributed by atoms with Crippen molar-refractivity contribution in [3.8, 4) is 0 Å². The molecule has 4 nitrogen and oxygen atoms in total. The molecular formula is C11H21NO3. The highest BCUT2D eigenvalue weighted by atomic mass is 16.3. The van der Waals surface area contributed by atoms with Gasteiger partial charge in [-0.1, -0.05) is 13.3 Å². The highest BCUT2D eigenvalue weighted by Gasteiger charge is 2.52. The fraction of sp³-hybridized carbons (Fsp3) is 1.00. The molecule has 2 aliphatic heterocycles. The summed E-state index contributed by atoms with van der Waals surface area (Å²) in [4.78, 5) is 2.09. The van der Waals surface area contributed by atoms with Crippen LogP contribution in [0.4, 0.5) is 0 Å². The minimum Gasteiger partial charge on any atom is -0.395 e. The Bertz CT molecular complexity index is 222. The van der Waals surface area contributed by atoms with Crippen LogP contribution in [-0.2, 0) is 0 Å². The number of rotatable bonds is 3. The molecule has 0 saturated carbocycles. The molecule has 0 aromatic carbocycles. The van der Waals surface area contributed by atoms with Gasteiger partial charge in [0.25, 0.3) is 0 Å². The molecule has 0 amide bonds. The van der Waals surface area contributed by atoms with E-state index in [-0.39, 0.29) is 18.7 Å². The molecule has 2 fully saturated rings. The molecule has 0 aromatic heterocycles. The highest BCUT2D eigenvalue weighted by molar-refractivity contribution is 5.06. The van der Waals surface area contributed by atoms with Gasteiger partial charge in [-0.15, -0.1) is 0 Å². The van der Waals surface area contributed by atoms with Gasteiger partial charge in [0, 0.05) is 6.04 Å². The van der Waals surface area contributed by atoms with E-state index in [1.165, 1.54) is 0 Å². The quantitative estimate of drug-likeness (QED) is 0.598. The summed E-state index contributed by atoms with van der Waals surface area (Å²) in [5.74, 6) is 0.483. The SMILES string of the molecule is CCC[C@H]1CCN2[C@@H]1[C@H](O)[C@@H](O)[C@@H]2CO. The molecule has 2 heterocycles. The molecule has 3 N–H and O–H groups in total. The summed E-state index contributed by atoms with van der Waals surface area (Å²) in [5.41, 5.74) is 0. The summed E-state index contributed by atoms with van der Waals surface area (Å²) in [6.07, 6.45) is 1.84. The summed E-state index contributed by atoms with van der Waals surface area (Å²) in [6, 6.07) is -0.191. The average molecular weight is 215 g/mol.